The number of nitrogens with one attached hydrogen (secondary N) is 4. The van der Waals surface area contributed by atoms with Crippen LogP contribution < -0.4 is 30.7 Å². The van der Waals surface area contributed by atoms with Gasteiger partial charge in [0.1, 0.15) is 17.3 Å². The van der Waals surface area contributed by atoms with Crippen LogP contribution in [0.5, 0.6) is 17.4 Å². The van der Waals surface area contributed by atoms with Crippen LogP contribution in [0.2, 0.25) is 0 Å². The number of hydrogen-bond acceptors (Lipinski definition) is 10. The normalized spacial score (nSPS) is 12.9. The Bertz CT molecular complexity index is 2320. The van der Waals surface area contributed by atoms with Crippen LogP contribution in [-0.2, 0) is 11.2 Å². The number of ether oxygens (including phenoxy) is 3. The van der Waals surface area contributed by atoms with Crippen LogP contribution in [0.1, 0.15) is 41.4 Å². The van der Waals surface area contributed by atoms with E-state index in [1.54, 1.807) is 54.4 Å². The minimum atomic E-state index is -0.402. The average molecular weight is 770 g/mol. The Kier molecular flexibility index (Phi) is 12.5. The summed E-state index contributed by atoms with van der Waals surface area (Å²) in [6.45, 7) is 8.59. The van der Waals surface area contributed by atoms with E-state index in [0.29, 0.717) is 54.0 Å². The number of nitrogens with zero attached hydrogens (tertiary/aromatic N) is 5. The van der Waals surface area contributed by atoms with E-state index in [4.69, 9.17) is 19.3 Å². The Morgan fingerprint density at radius 3 is 2.46 bits per heavy atom. The summed E-state index contributed by atoms with van der Waals surface area (Å²) in [6.07, 6.45) is 4.45. The number of hydrogen-bond donors (Lipinski definition) is 4. The summed E-state index contributed by atoms with van der Waals surface area (Å²) in [7, 11) is 1.56. The quantitative estimate of drug-likeness (QED) is 0.0816. The first-order valence-corrected chi connectivity index (χ1v) is 19.2. The van der Waals surface area contributed by atoms with E-state index in [0.717, 1.165) is 66.6 Å². The Labute approximate surface area is 331 Å². The molecule has 0 radical (unpaired) electrons. The number of carbonyl (C=O) groups excluding carboxylic acids is 2. The van der Waals surface area contributed by atoms with Crippen molar-refractivity contribution in [3.63, 3.8) is 0 Å². The molecule has 0 spiro atoms. The van der Waals surface area contributed by atoms with E-state index in [1.165, 1.54) is 0 Å². The van der Waals surface area contributed by atoms with Gasteiger partial charge in [-0.05, 0) is 62.2 Å². The lowest BCUT2D eigenvalue weighted by Gasteiger charge is -2.26. The molecule has 1 aliphatic heterocycles. The molecule has 14 heteroatoms. The second-order valence-electron chi connectivity index (χ2n) is 13.7. The third-order valence-electron chi connectivity index (χ3n) is 9.57. The number of carbonyl (C=O) groups is 2. The van der Waals surface area contributed by atoms with Crippen molar-refractivity contribution in [3.8, 4) is 23.1 Å². The van der Waals surface area contributed by atoms with Crippen LogP contribution in [0.15, 0.2) is 97.2 Å². The number of amides is 3. The van der Waals surface area contributed by atoms with Gasteiger partial charge in [-0.15, -0.1) is 0 Å². The first-order valence-electron chi connectivity index (χ1n) is 19.2. The van der Waals surface area contributed by atoms with Gasteiger partial charge in [0.2, 0.25) is 11.8 Å². The molecule has 1 saturated heterocycles. The van der Waals surface area contributed by atoms with Gasteiger partial charge in [0.05, 0.1) is 43.1 Å². The molecule has 0 aliphatic carbocycles. The van der Waals surface area contributed by atoms with Crippen molar-refractivity contribution in [1.82, 2.24) is 30.0 Å². The summed E-state index contributed by atoms with van der Waals surface area (Å²) in [5, 5.41) is 18.5. The highest BCUT2D eigenvalue weighted by molar-refractivity contribution is 6.07. The van der Waals surface area contributed by atoms with Gasteiger partial charge in [0.15, 0.2) is 0 Å². The highest BCUT2D eigenvalue weighted by Gasteiger charge is 2.17. The van der Waals surface area contributed by atoms with Gasteiger partial charge in [-0.25, -0.2) is 14.5 Å². The van der Waals surface area contributed by atoms with E-state index in [1.807, 2.05) is 61.5 Å². The Balaban J connectivity index is 1.04. The largest absolute Gasteiger partial charge is 0.495 e. The van der Waals surface area contributed by atoms with Crippen LogP contribution in [0.25, 0.3) is 16.5 Å². The molecule has 7 rings (SSSR count). The number of rotatable bonds is 15. The fraction of sp³-hybridized carbons (Fsp3) is 0.279. The highest BCUT2D eigenvalue weighted by atomic mass is 16.5. The zero-order chi connectivity index (χ0) is 39.6. The molecule has 1 aliphatic rings. The van der Waals surface area contributed by atoms with Crippen LogP contribution in [0.3, 0.4) is 0 Å². The molecule has 4 N–H and O–H groups in total. The summed E-state index contributed by atoms with van der Waals surface area (Å²) in [5.41, 5.74) is 4.50. The minimum absolute atomic E-state index is 0.195. The van der Waals surface area contributed by atoms with Crippen LogP contribution >= 0.6 is 0 Å². The summed E-state index contributed by atoms with van der Waals surface area (Å²) >= 11 is 0. The SMILES string of the molecule is CCCCc1cc(NC(=O)Nc2ccc(Oc3ccnc(Nc4cc(C(=O)NCCN5CCOCC5)ccc4OC)n3)c3ccccc23)n(-c2ccc(C)cc2)n1. The topological polar surface area (TPSA) is 157 Å². The molecule has 3 heterocycles. The molecule has 14 nitrogen and oxygen atoms in total. The lowest BCUT2D eigenvalue weighted by Crippen LogP contribution is -2.41. The van der Waals surface area contributed by atoms with Crippen molar-refractivity contribution in [2.75, 3.05) is 62.5 Å². The number of aromatic nitrogens is 4. The van der Waals surface area contributed by atoms with Crippen molar-refractivity contribution in [1.29, 1.82) is 0 Å². The van der Waals surface area contributed by atoms with Gasteiger partial charge in [-0.3, -0.25) is 15.0 Å². The molecule has 2 aromatic heterocycles. The second kappa shape index (κ2) is 18.4. The monoisotopic (exact) mass is 769 g/mol. The number of aryl methyl sites for hydroxylation is 2. The third-order valence-corrected chi connectivity index (χ3v) is 9.57. The van der Waals surface area contributed by atoms with E-state index in [2.05, 4.69) is 43.1 Å². The van der Waals surface area contributed by atoms with E-state index in [9.17, 15) is 9.59 Å². The molecule has 0 atom stereocenters. The fourth-order valence-electron chi connectivity index (χ4n) is 6.51. The number of benzene rings is 4. The Hall–Kier alpha value is -6.51. The Morgan fingerprint density at radius 1 is 0.877 bits per heavy atom. The number of fused-ring (bicyclic) bond motifs is 1. The van der Waals surface area contributed by atoms with Gasteiger partial charge in [0.25, 0.3) is 5.91 Å². The van der Waals surface area contributed by atoms with Crippen molar-refractivity contribution < 1.29 is 23.8 Å². The highest BCUT2D eigenvalue weighted by Crippen LogP contribution is 2.35. The maximum atomic E-state index is 13.5. The van der Waals surface area contributed by atoms with Gasteiger partial charge < -0.3 is 30.2 Å². The first-order chi connectivity index (χ1) is 27.9. The summed E-state index contributed by atoms with van der Waals surface area (Å²) < 4.78 is 19.0. The molecule has 294 valence electrons. The molecule has 4 aromatic carbocycles. The zero-order valence-electron chi connectivity index (χ0n) is 32.4. The zero-order valence-corrected chi connectivity index (χ0v) is 32.4. The fourth-order valence-corrected chi connectivity index (χ4v) is 6.51. The number of urea groups is 1. The van der Waals surface area contributed by atoms with Gasteiger partial charge in [-0.1, -0.05) is 55.3 Å². The van der Waals surface area contributed by atoms with Gasteiger partial charge in [-0.2, -0.15) is 10.1 Å². The van der Waals surface area contributed by atoms with Crippen molar-refractivity contribution in [2.45, 2.75) is 33.1 Å². The molecule has 57 heavy (non-hydrogen) atoms. The summed E-state index contributed by atoms with van der Waals surface area (Å²) in [5.74, 6) is 1.97. The molecule has 0 unspecified atom stereocenters. The summed E-state index contributed by atoms with van der Waals surface area (Å²) in [6, 6.07) is 27.6. The van der Waals surface area contributed by atoms with Crippen molar-refractivity contribution in [3.05, 3.63) is 114 Å². The molecule has 0 bridgehead atoms. The van der Waals surface area contributed by atoms with Crippen LogP contribution in [0, 0.1) is 6.92 Å². The predicted molar refractivity (Wildman–Crippen MR) is 221 cm³/mol. The maximum Gasteiger partial charge on any atom is 0.324 e. The molecule has 6 aromatic rings. The lowest BCUT2D eigenvalue weighted by atomic mass is 10.1. The number of anilines is 4. The number of morpholine rings is 1. The van der Waals surface area contributed by atoms with Gasteiger partial charge >= 0.3 is 6.03 Å². The molecule has 1 fully saturated rings. The first kappa shape index (κ1) is 38.8. The van der Waals surface area contributed by atoms with E-state index >= 15 is 0 Å². The van der Waals surface area contributed by atoms with E-state index < -0.39 is 6.03 Å². The Morgan fingerprint density at radius 2 is 1.67 bits per heavy atom. The molecule has 0 saturated carbocycles. The second-order valence-corrected chi connectivity index (χ2v) is 13.7. The molecular formula is C43H47N9O5. The standard InChI is InChI=1S/C43H47N9O5/c1-4-5-8-31-28-39(52(50-31)32-14-11-29(2)12-15-32)48-43(54)47-35-16-18-37(34-10-7-6-9-33(34)35)57-40-19-20-45-42(49-40)46-36-27-30(13-17-38(36)55-3)41(53)44-21-22-51-23-25-56-26-24-51/h6-7,9-20,27-28H,4-5,8,21-26H2,1-3H3,(H,44,53)(H,45,46,49)(H2,47,48,54). The predicted octanol–water partition coefficient (Wildman–Crippen LogP) is 7.72. The smallest absolute Gasteiger partial charge is 0.324 e. The maximum absolute atomic E-state index is 13.5. The summed E-state index contributed by atoms with van der Waals surface area (Å²) in [4.78, 5) is 37.8. The molecular weight excluding hydrogens is 723 g/mol. The third kappa shape index (κ3) is 9.84. The number of methoxy groups -OCH3 is 1. The van der Waals surface area contributed by atoms with Gasteiger partial charge in [0, 0.05) is 60.8 Å². The van der Waals surface area contributed by atoms with Crippen LogP contribution in [0.4, 0.5) is 27.9 Å². The average Bonchev–Trinajstić information content (AvgIpc) is 3.63. The lowest BCUT2D eigenvalue weighted by molar-refractivity contribution is 0.0383. The molecule has 3 amide bonds. The minimum Gasteiger partial charge on any atom is -0.495 e. The van der Waals surface area contributed by atoms with E-state index in [-0.39, 0.29) is 17.7 Å². The van der Waals surface area contributed by atoms with Crippen molar-refractivity contribution >= 4 is 45.9 Å². The number of unbranched alkanes of at least 4 members (excludes halogenated alkanes) is 1. The van der Waals surface area contributed by atoms with Crippen LogP contribution in [-0.4, -0.2) is 83.1 Å². The van der Waals surface area contributed by atoms with Crippen molar-refractivity contribution in [2.24, 2.45) is 0 Å².